The highest BCUT2D eigenvalue weighted by molar-refractivity contribution is 8.16. The van der Waals surface area contributed by atoms with Crippen molar-refractivity contribution in [1.29, 1.82) is 0 Å². The van der Waals surface area contributed by atoms with Gasteiger partial charge in [0.1, 0.15) is 24.2 Å². The zero-order chi connectivity index (χ0) is 25.7. The molecule has 0 aromatic rings. The fourth-order valence-electron chi connectivity index (χ4n) is 2.09. The summed E-state index contributed by atoms with van der Waals surface area (Å²) in [6, 6.07) is -3.66. The van der Waals surface area contributed by atoms with E-state index in [1.54, 1.807) is 0 Å². The summed E-state index contributed by atoms with van der Waals surface area (Å²) in [4.78, 5) is 64.8. The number of carbonyl (C=O) groups excluding carboxylic acids is 4. The van der Waals surface area contributed by atoms with E-state index in [1.807, 2.05) is 0 Å². The Morgan fingerprint density at radius 3 is 1.38 bits per heavy atom. The Morgan fingerprint density at radius 1 is 0.735 bits per heavy atom. The van der Waals surface area contributed by atoms with E-state index in [9.17, 15) is 28.8 Å². The number of amides is 6. The van der Waals surface area contributed by atoms with Gasteiger partial charge in [0, 0.05) is 33.2 Å². The molecular formula is C16H26N6O8S4. The first-order valence-corrected chi connectivity index (χ1v) is 14.1. The van der Waals surface area contributed by atoms with Gasteiger partial charge in [0.15, 0.2) is 0 Å². The lowest BCUT2D eigenvalue weighted by Gasteiger charge is -2.08. The van der Waals surface area contributed by atoms with Gasteiger partial charge in [0.05, 0.1) is 0 Å². The Hall–Kier alpha value is -1.86. The second-order valence-corrected chi connectivity index (χ2v) is 11.5. The van der Waals surface area contributed by atoms with Crippen molar-refractivity contribution in [2.45, 2.75) is 24.2 Å². The van der Waals surface area contributed by atoms with Crippen LogP contribution in [0.4, 0.5) is 9.59 Å². The van der Waals surface area contributed by atoms with Gasteiger partial charge in [-0.2, -0.15) is 0 Å². The van der Waals surface area contributed by atoms with Gasteiger partial charge in [-0.25, -0.2) is 9.59 Å². The Kier molecular flexibility index (Phi) is 14.1. The number of nitrogens with two attached hydrogens (primary N) is 2. The number of aliphatic carboxylic acids is 2. The van der Waals surface area contributed by atoms with E-state index in [-0.39, 0.29) is 11.8 Å². The summed E-state index contributed by atoms with van der Waals surface area (Å²) >= 11 is 5.67. The maximum absolute atomic E-state index is 11.2. The average molecular weight is 559 g/mol. The molecule has 0 spiro atoms. The number of hydrogen-bond donors (Lipinski definition) is 8. The molecule has 2 fully saturated rings. The van der Waals surface area contributed by atoms with Crippen LogP contribution in [0.2, 0.25) is 0 Å². The summed E-state index contributed by atoms with van der Waals surface area (Å²) in [5, 5.41) is 27.5. The molecule has 2 saturated heterocycles. The van der Waals surface area contributed by atoms with Crippen molar-refractivity contribution in [1.82, 2.24) is 21.3 Å². The Morgan fingerprint density at radius 2 is 1.09 bits per heavy atom. The molecule has 2 aliphatic rings. The monoisotopic (exact) mass is 558 g/mol. The number of urea groups is 2. The van der Waals surface area contributed by atoms with Crippen LogP contribution in [-0.4, -0.2) is 103 Å². The third-order valence-electron chi connectivity index (χ3n) is 3.85. The van der Waals surface area contributed by atoms with E-state index in [0.29, 0.717) is 33.2 Å². The van der Waals surface area contributed by atoms with Gasteiger partial charge < -0.3 is 32.3 Å². The van der Waals surface area contributed by atoms with Crippen molar-refractivity contribution in [3.8, 4) is 0 Å². The number of carboxylic acid groups (broad SMARTS) is 2. The molecule has 2 heterocycles. The van der Waals surface area contributed by atoms with E-state index in [2.05, 4.69) is 21.3 Å². The minimum Gasteiger partial charge on any atom is -0.480 e. The number of carboxylic acids is 2. The largest absolute Gasteiger partial charge is 0.480 e. The van der Waals surface area contributed by atoms with Crippen LogP contribution >= 0.6 is 47.0 Å². The highest BCUT2D eigenvalue weighted by Gasteiger charge is 2.30. The summed E-state index contributed by atoms with van der Waals surface area (Å²) in [5.41, 5.74) is 10.5. The molecule has 34 heavy (non-hydrogen) atoms. The Bertz CT molecular complexity index is 716. The molecule has 0 aliphatic carbocycles. The van der Waals surface area contributed by atoms with Crippen LogP contribution in [0.3, 0.4) is 0 Å². The smallest absolute Gasteiger partial charge is 0.322 e. The second-order valence-electron chi connectivity index (χ2n) is 6.64. The van der Waals surface area contributed by atoms with Crippen LogP contribution < -0.4 is 32.7 Å². The Labute approximate surface area is 211 Å². The first-order chi connectivity index (χ1) is 16.0. The van der Waals surface area contributed by atoms with E-state index in [4.69, 9.17) is 21.7 Å². The van der Waals surface area contributed by atoms with Crippen LogP contribution in [0.5, 0.6) is 0 Å². The molecule has 0 radical (unpaired) electrons. The predicted molar refractivity (Wildman–Crippen MR) is 132 cm³/mol. The SMILES string of the molecule is N[C@@H](CSCSC[C@H](N)C(=O)O)C(=O)O.O=C1NC(=O)[C@H](CSCSC[C@@H]2NC(=O)NC2=O)N1. The lowest BCUT2D eigenvalue weighted by atomic mass is 10.3. The van der Waals surface area contributed by atoms with Crippen LogP contribution in [0.1, 0.15) is 0 Å². The number of rotatable bonds is 14. The summed E-state index contributed by atoms with van der Waals surface area (Å²) in [7, 11) is 0. The van der Waals surface area contributed by atoms with Gasteiger partial charge >= 0.3 is 24.0 Å². The normalized spacial score (nSPS) is 20.9. The lowest BCUT2D eigenvalue weighted by Crippen LogP contribution is -2.33. The first-order valence-electron chi connectivity index (χ1n) is 9.51. The van der Waals surface area contributed by atoms with Crippen molar-refractivity contribution >= 4 is 82.9 Å². The van der Waals surface area contributed by atoms with Crippen LogP contribution in [0.15, 0.2) is 0 Å². The number of imide groups is 2. The van der Waals surface area contributed by atoms with Gasteiger partial charge in [0.2, 0.25) is 0 Å². The predicted octanol–water partition coefficient (Wildman–Crippen LogP) is -1.94. The summed E-state index contributed by atoms with van der Waals surface area (Å²) < 4.78 is 0. The molecule has 10 N–H and O–H groups in total. The molecule has 4 atom stereocenters. The van der Waals surface area contributed by atoms with Gasteiger partial charge in [-0.05, 0) is 0 Å². The van der Waals surface area contributed by atoms with Crippen LogP contribution in [-0.2, 0) is 19.2 Å². The summed E-state index contributed by atoms with van der Waals surface area (Å²) in [6.07, 6.45) is 0. The fraction of sp³-hybridized carbons (Fsp3) is 0.625. The third-order valence-corrected chi connectivity index (χ3v) is 8.84. The van der Waals surface area contributed by atoms with E-state index >= 15 is 0 Å². The van der Waals surface area contributed by atoms with Gasteiger partial charge in [-0.1, -0.05) is 0 Å². The first kappa shape index (κ1) is 30.2. The molecule has 0 aromatic heterocycles. The van der Waals surface area contributed by atoms with Crippen LogP contribution in [0, 0.1) is 0 Å². The minimum atomic E-state index is -1.03. The minimum absolute atomic E-state index is 0.310. The molecule has 0 saturated carbocycles. The topological polar surface area (TPSA) is 243 Å². The molecule has 2 rings (SSSR count). The Balaban J connectivity index is 0.000000352. The van der Waals surface area contributed by atoms with Crippen molar-refractivity contribution in [3.63, 3.8) is 0 Å². The van der Waals surface area contributed by atoms with Gasteiger partial charge in [-0.15, -0.1) is 47.0 Å². The summed E-state index contributed by atoms with van der Waals surface area (Å²) in [5.74, 6) is -1.11. The molecule has 2 aliphatic heterocycles. The van der Waals surface area contributed by atoms with Crippen molar-refractivity contribution in [2.24, 2.45) is 11.5 Å². The number of hydrogen-bond acceptors (Lipinski definition) is 12. The number of carbonyl (C=O) groups is 6. The molecule has 0 unspecified atom stereocenters. The highest BCUT2D eigenvalue weighted by atomic mass is 32.2. The van der Waals surface area contributed by atoms with Crippen molar-refractivity contribution in [3.05, 3.63) is 0 Å². The van der Waals surface area contributed by atoms with E-state index < -0.39 is 48.2 Å². The quantitative estimate of drug-likeness (QED) is 0.0657. The second kappa shape index (κ2) is 15.9. The zero-order valence-electron chi connectivity index (χ0n) is 17.7. The molecule has 6 amide bonds. The maximum Gasteiger partial charge on any atom is 0.322 e. The van der Waals surface area contributed by atoms with Gasteiger partial charge in [0.25, 0.3) is 11.8 Å². The van der Waals surface area contributed by atoms with E-state index in [0.717, 1.165) is 0 Å². The summed E-state index contributed by atoms with van der Waals surface area (Å²) in [6.45, 7) is 0. The highest BCUT2D eigenvalue weighted by Crippen LogP contribution is 2.16. The van der Waals surface area contributed by atoms with Crippen molar-refractivity contribution < 1.29 is 39.0 Å². The molecule has 14 nitrogen and oxygen atoms in total. The van der Waals surface area contributed by atoms with E-state index in [1.165, 1.54) is 47.0 Å². The lowest BCUT2D eigenvalue weighted by molar-refractivity contribution is -0.138. The fourth-order valence-corrected chi connectivity index (χ4v) is 6.31. The van der Waals surface area contributed by atoms with Crippen molar-refractivity contribution in [2.75, 3.05) is 33.2 Å². The molecule has 0 aromatic carbocycles. The molecule has 18 heteroatoms. The number of nitrogens with one attached hydrogen (secondary N) is 4. The number of thioether (sulfide) groups is 4. The third kappa shape index (κ3) is 12.0. The molecule has 0 bridgehead atoms. The zero-order valence-corrected chi connectivity index (χ0v) is 20.9. The molecule has 192 valence electrons. The van der Waals surface area contributed by atoms with Crippen LogP contribution in [0.25, 0.3) is 0 Å². The van der Waals surface area contributed by atoms with Gasteiger partial charge in [-0.3, -0.25) is 29.8 Å². The maximum atomic E-state index is 11.2. The molecular weight excluding hydrogens is 532 g/mol. The standard InChI is InChI=1S/C9H12N4O4S2.C7H14N2O4S2/c14-6-4(10-8(16)12-6)1-18-3-19-2-5-7(15)13-9(17)11-5;8-4(6(10)11)1-14-3-15-2-5(9)7(12)13/h4-5H,1-3H2,(H2,10,12,14,16)(H2,11,13,15,17);4-5H,1-3,8-9H2,(H,10,11)(H,12,13)/t2*4-,5-/m00/s1. The average Bonchev–Trinajstić information content (AvgIpc) is 3.26.